The summed E-state index contributed by atoms with van der Waals surface area (Å²) in [5, 5.41) is 0. The smallest absolute Gasteiger partial charge is 0.213 e. The van der Waals surface area contributed by atoms with Gasteiger partial charge in [-0.3, -0.25) is 0 Å². The number of hydrogen-bond donors (Lipinski definition) is 0. The first kappa shape index (κ1) is 14.7. The predicted molar refractivity (Wildman–Crippen MR) is 77.5 cm³/mol. The molecule has 116 valence electrons. The minimum absolute atomic E-state index is 0.00851. The lowest BCUT2D eigenvalue weighted by atomic mass is 10.1. The summed E-state index contributed by atoms with van der Waals surface area (Å²) < 4.78 is 36.7. The first-order valence-electron chi connectivity index (χ1n) is 7.16. The van der Waals surface area contributed by atoms with Crippen LogP contribution in [0.1, 0.15) is 12.8 Å². The summed E-state index contributed by atoms with van der Waals surface area (Å²) in [7, 11) is -3.17. The Kier molecular flexibility index (Phi) is 4.14. The highest BCUT2D eigenvalue weighted by Gasteiger charge is 2.44. The maximum absolute atomic E-state index is 11.8. The van der Waals surface area contributed by atoms with Crippen molar-refractivity contribution in [3.05, 3.63) is 24.4 Å². The van der Waals surface area contributed by atoms with E-state index in [1.165, 1.54) is 6.26 Å². The number of aromatic nitrogens is 1. The molecule has 0 aromatic carbocycles. The molecule has 1 aromatic rings. The zero-order chi connectivity index (χ0) is 14.9. The molecule has 1 aliphatic carbocycles. The third-order valence-electron chi connectivity index (χ3n) is 4.11. The van der Waals surface area contributed by atoms with E-state index in [1.54, 1.807) is 10.5 Å². The quantitative estimate of drug-likeness (QED) is 0.826. The van der Waals surface area contributed by atoms with Crippen LogP contribution in [0.3, 0.4) is 0 Å². The molecule has 0 spiro atoms. The lowest BCUT2D eigenvalue weighted by Gasteiger charge is -2.35. The van der Waals surface area contributed by atoms with Gasteiger partial charge in [-0.2, -0.15) is 4.31 Å². The Labute approximate surface area is 125 Å². The normalized spacial score (nSPS) is 30.0. The highest BCUT2D eigenvalue weighted by Crippen LogP contribution is 2.35. The Morgan fingerprint density at radius 2 is 2.29 bits per heavy atom. The number of pyridine rings is 1. The second kappa shape index (κ2) is 5.90. The fourth-order valence-corrected chi connectivity index (χ4v) is 4.32. The summed E-state index contributed by atoms with van der Waals surface area (Å²) >= 11 is 0. The Morgan fingerprint density at radius 1 is 1.43 bits per heavy atom. The van der Waals surface area contributed by atoms with Crippen LogP contribution in [0, 0.1) is 5.92 Å². The molecule has 0 unspecified atom stereocenters. The summed E-state index contributed by atoms with van der Waals surface area (Å²) in [6.45, 7) is 1.47. The van der Waals surface area contributed by atoms with Crippen molar-refractivity contribution < 1.29 is 17.9 Å². The molecule has 1 saturated heterocycles. The van der Waals surface area contributed by atoms with Crippen LogP contribution < -0.4 is 4.74 Å². The summed E-state index contributed by atoms with van der Waals surface area (Å²) in [5.74, 6) is 0.901. The number of rotatable bonds is 4. The van der Waals surface area contributed by atoms with Gasteiger partial charge in [0.25, 0.3) is 0 Å². The molecule has 1 aromatic heterocycles. The third-order valence-corrected chi connectivity index (χ3v) is 5.42. The molecule has 0 N–H and O–H groups in total. The molecule has 0 bridgehead atoms. The molecular weight excluding hydrogens is 292 g/mol. The minimum atomic E-state index is -3.17. The fraction of sp³-hybridized carbons (Fsp3) is 0.643. The van der Waals surface area contributed by atoms with Crippen LogP contribution in [0.2, 0.25) is 0 Å². The number of sulfonamides is 1. The maximum Gasteiger partial charge on any atom is 0.213 e. The molecule has 1 aliphatic heterocycles. The Morgan fingerprint density at radius 3 is 3.00 bits per heavy atom. The molecule has 1 saturated carbocycles. The molecule has 2 heterocycles. The molecule has 7 heteroatoms. The van der Waals surface area contributed by atoms with Crippen LogP contribution in [-0.2, 0) is 14.8 Å². The van der Waals surface area contributed by atoms with E-state index < -0.39 is 10.0 Å². The average molecular weight is 312 g/mol. The second-order valence-electron chi connectivity index (χ2n) is 5.67. The molecule has 3 atom stereocenters. The van der Waals surface area contributed by atoms with Gasteiger partial charge in [-0.25, -0.2) is 13.4 Å². The number of nitrogens with zero attached hydrogens (tertiary/aromatic N) is 2. The van der Waals surface area contributed by atoms with Crippen LogP contribution in [0.5, 0.6) is 5.88 Å². The molecular formula is C14H20N2O4S. The van der Waals surface area contributed by atoms with Gasteiger partial charge in [-0.1, -0.05) is 6.07 Å². The van der Waals surface area contributed by atoms with Gasteiger partial charge in [0.1, 0.15) is 0 Å². The molecule has 0 amide bonds. The average Bonchev–Trinajstić information content (AvgIpc) is 2.87. The minimum Gasteiger partial charge on any atom is -0.477 e. The van der Waals surface area contributed by atoms with Crippen LogP contribution in [-0.4, -0.2) is 55.9 Å². The van der Waals surface area contributed by atoms with Crippen molar-refractivity contribution in [1.82, 2.24) is 9.29 Å². The van der Waals surface area contributed by atoms with Gasteiger partial charge >= 0.3 is 0 Å². The topological polar surface area (TPSA) is 68.7 Å². The highest BCUT2D eigenvalue weighted by atomic mass is 32.2. The first-order chi connectivity index (χ1) is 10.0. The van der Waals surface area contributed by atoms with Gasteiger partial charge in [0.15, 0.2) is 0 Å². The van der Waals surface area contributed by atoms with E-state index in [4.69, 9.17) is 9.47 Å². The largest absolute Gasteiger partial charge is 0.477 e. The maximum atomic E-state index is 11.8. The third kappa shape index (κ3) is 3.36. The van der Waals surface area contributed by atoms with E-state index in [2.05, 4.69) is 4.98 Å². The molecule has 3 rings (SSSR count). The van der Waals surface area contributed by atoms with Crippen molar-refractivity contribution in [2.75, 3.05) is 26.0 Å². The zero-order valence-corrected chi connectivity index (χ0v) is 12.8. The Balaban J connectivity index is 1.61. The number of hydrogen-bond acceptors (Lipinski definition) is 5. The Bertz CT molecular complexity index is 578. The van der Waals surface area contributed by atoms with Crippen molar-refractivity contribution in [3.63, 3.8) is 0 Å². The van der Waals surface area contributed by atoms with Gasteiger partial charge in [0.05, 0.1) is 31.6 Å². The SMILES string of the molecule is CS(=O)(=O)N1CCO[C@@H]2C[C@@H](COc3ccccn3)C[C@H]21. The van der Waals surface area contributed by atoms with Gasteiger partial charge < -0.3 is 9.47 Å². The van der Waals surface area contributed by atoms with Crippen LogP contribution >= 0.6 is 0 Å². The van der Waals surface area contributed by atoms with Crippen molar-refractivity contribution in [2.24, 2.45) is 5.92 Å². The standard InChI is InChI=1S/C14H20N2O4S/c1-21(17,18)16-6-7-19-13-9-11(8-12(13)16)10-20-14-4-2-3-5-15-14/h2-5,11-13H,6-10H2,1H3/t11-,12+,13+/m0/s1. The summed E-state index contributed by atoms with van der Waals surface area (Å²) in [4.78, 5) is 4.12. The monoisotopic (exact) mass is 312 g/mol. The van der Waals surface area contributed by atoms with Crippen molar-refractivity contribution in [3.8, 4) is 5.88 Å². The molecule has 2 aliphatic rings. The molecule has 21 heavy (non-hydrogen) atoms. The van der Waals surface area contributed by atoms with E-state index in [9.17, 15) is 8.42 Å². The molecule has 0 radical (unpaired) electrons. The van der Waals surface area contributed by atoms with Crippen molar-refractivity contribution in [2.45, 2.75) is 25.0 Å². The summed E-state index contributed by atoms with van der Waals surface area (Å²) in [5.41, 5.74) is 0. The zero-order valence-electron chi connectivity index (χ0n) is 12.0. The van der Waals surface area contributed by atoms with E-state index in [1.807, 2.05) is 18.2 Å². The van der Waals surface area contributed by atoms with Crippen molar-refractivity contribution >= 4 is 10.0 Å². The summed E-state index contributed by atoms with van der Waals surface area (Å²) in [6, 6.07) is 5.49. The number of ether oxygens (including phenoxy) is 2. The van der Waals surface area contributed by atoms with E-state index in [0.29, 0.717) is 31.6 Å². The Hall–Kier alpha value is -1.18. The van der Waals surface area contributed by atoms with E-state index in [-0.39, 0.29) is 12.1 Å². The molecule has 2 fully saturated rings. The van der Waals surface area contributed by atoms with Crippen molar-refractivity contribution in [1.29, 1.82) is 0 Å². The second-order valence-corrected chi connectivity index (χ2v) is 7.60. The van der Waals surface area contributed by atoms with E-state index in [0.717, 1.165) is 12.8 Å². The predicted octanol–water partition coefficient (Wildman–Crippen LogP) is 0.899. The lowest BCUT2D eigenvalue weighted by molar-refractivity contribution is -0.0246. The van der Waals surface area contributed by atoms with Crippen LogP contribution in [0.15, 0.2) is 24.4 Å². The summed E-state index contributed by atoms with van der Waals surface area (Å²) in [6.07, 6.45) is 4.57. The van der Waals surface area contributed by atoms with Gasteiger partial charge in [-0.15, -0.1) is 0 Å². The molecule has 6 nitrogen and oxygen atoms in total. The van der Waals surface area contributed by atoms with E-state index >= 15 is 0 Å². The first-order valence-corrected chi connectivity index (χ1v) is 9.01. The fourth-order valence-electron chi connectivity index (χ4n) is 3.20. The number of morpholine rings is 1. The van der Waals surface area contributed by atoms with Gasteiger partial charge in [0, 0.05) is 18.8 Å². The van der Waals surface area contributed by atoms with Crippen LogP contribution in [0.25, 0.3) is 0 Å². The number of fused-ring (bicyclic) bond motifs is 1. The van der Waals surface area contributed by atoms with Gasteiger partial charge in [0.2, 0.25) is 15.9 Å². The highest BCUT2D eigenvalue weighted by molar-refractivity contribution is 7.88. The lowest BCUT2D eigenvalue weighted by Crippen LogP contribution is -2.50. The van der Waals surface area contributed by atoms with Crippen LogP contribution in [0.4, 0.5) is 0 Å². The van der Waals surface area contributed by atoms with Gasteiger partial charge in [-0.05, 0) is 24.8 Å².